The molecule has 0 saturated heterocycles. The van der Waals surface area contributed by atoms with Crippen molar-refractivity contribution in [3.63, 3.8) is 0 Å². The van der Waals surface area contributed by atoms with E-state index >= 15 is 0 Å². The standard InChI is InChI=1S/C58H42N4/c59-56(43-34-32-42(33-35-43)41-20-7-2-8-21-41)61-57(60-39-40-18-5-1-6-19-40)44-22-17-27-47(36-44)62-54-31-16-14-29-49(54)51-37-53-50(38-55(51)62)48-28-13-15-30-52(48)58(53,45-23-9-3-10-24-45)46-25-11-4-12-26-46/h1-39,57H,(H2,59,61). The Kier molecular flexibility index (Phi) is 9.24. The molecule has 10 aromatic rings. The Morgan fingerprint density at radius 2 is 1.10 bits per heavy atom. The van der Waals surface area contributed by atoms with Gasteiger partial charge in [-0.25, -0.2) is 4.99 Å². The maximum Gasteiger partial charge on any atom is 0.167 e. The molecule has 0 amide bonds. The summed E-state index contributed by atoms with van der Waals surface area (Å²) < 4.78 is 2.40. The number of para-hydroxylation sites is 1. The number of hydrogen-bond acceptors (Lipinski definition) is 2. The molecule has 1 aliphatic rings. The minimum Gasteiger partial charge on any atom is -0.383 e. The second kappa shape index (κ2) is 15.5. The predicted octanol–water partition coefficient (Wildman–Crippen LogP) is 13.3. The van der Waals surface area contributed by atoms with E-state index in [1.54, 1.807) is 0 Å². The van der Waals surface area contributed by atoms with Crippen LogP contribution >= 0.6 is 0 Å². The molecule has 11 rings (SSSR count). The van der Waals surface area contributed by atoms with Crippen LogP contribution in [0, 0.1) is 0 Å². The molecule has 1 aromatic heterocycles. The number of rotatable bonds is 9. The van der Waals surface area contributed by atoms with Crippen molar-refractivity contribution in [2.75, 3.05) is 0 Å². The van der Waals surface area contributed by atoms with Gasteiger partial charge in [-0.2, -0.15) is 0 Å². The Morgan fingerprint density at radius 3 is 1.82 bits per heavy atom. The molecule has 0 radical (unpaired) electrons. The van der Waals surface area contributed by atoms with Crippen molar-refractivity contribution >= 4 is 33.9 Å². The first-order valence-corrected chi connectivity index (χ1v) is 21.1. The number of amidine groups is 1. The van der Waals surface area contributed by atoms with Gasteiger partial charge in [0.2, 0.25) is 0 Å². The van der Waals surface area contributed by atoms with Crippen molar-refractivity contribution in [1.82, 2.24) is 4.57 Å². The fourth-order valence-electron chi connectivity index (χ4n) is 9.57. The summed E-state index contributed by atoms with van der Waals surface area (Å²) >= 11 is 0. The van der Waals surface area contributed by atoms with Crippen molar-refractivity contribution in [3.05, 3.63) is 269 Å². The molecule has 0 saturated carbocycles. The van der Waals surface area contributed by atoms with Gasteiger partial charge in [0.25, 0.3) is 0 Å². The van der Waals surface area contributed by atoms with Gasteiger partial charge in [-0.3, -0.25) is 4.99 Å². The Morgan fingerprint density at radius 1 is 0.484 bits per heavy atom. The van der Waals surface area contributed by atoms with Gasteiger partial charge in [0.15, 0.2) is 6.17 Å². The molecule has 0 spiro atoms. The molecule has 0 fully saturated rings. The minimum absolute atomic E-state index is 0.427. The zero-order valence-corrected chi connectivity index (χ0v) is 34.0. The van der Waals surface area contributed by atoms with Crippen molar-refractivity contribution in [2.45, 2.75) is 11.6 Å². The van der Waals surface area contributed by atoms with Crippen molar-refractivity contribution in [2.24, 2.45) is 15.7 Å². The molecule has 1 atom stereocenters. The van der Waals surface area contributed by atoms with Gasteiger partial charge in [-0.15, -0.1) is 0 Å². The van der Waals surface area contributed by atoms with Crippen LogP contribution in [0.2, 0.25) is 0 Å². The summed E-state index contributed by atoms with van der Waals surface area (Å²) in [7, 11) is 0. The van der Waals surface area contributed by atoms with E-state index in [0.29, 0.717) is 5.84 Å². The molecule has 1 unspecified atom stereocenters. The SMILES string of the molecule is NC(=NC(N=Cc1ccccc1)c1cccc(-n2c3ccccc3c3cc4c(cc32)-c2ccccc2C4(c2ccccc2)c2ccccc2)c1)c1ccc(-c2ccccc2)cc1. The number of nitrogens with zero attached hydrogens (tertiary/aromatic N) is 3. The van der Waals surface area contributed by atoms with Gasteiger partial charge in [0.05, 0.1) is 16.4 Å². The van der Waals surface area contributed by atoms with E-state index in [0.717, 1.165) is 44.5 Å². The summed E-state index contributed by atoms with van der Waals surface area (Å²) in [4.78, 5) is 10.2. The van der Waals surface area contributed by atoms with E-state index in [2.05, 4.69) is 187 Å². The van der Waals surface area contributed by atoms with E-state index in [4.69, 9.17) is 15.7 Å². The molecule has 62 heavy (non-hydrogen) atoms. The molecule has 0 aliphatic heterocycles. The van der Waals surface area contributed by atoms with E-state index in [-0.39, 0.29) is 0 Å². The van der Waals surface area contributed by atoms with Gasteiger partial charge >= 0.3 is 0 Å². The van der Waals surface area contributed by atoms with Crippen LogP contribution < -0.4 is 5.73 Å². The van der Waals surface area contributed by atoms with E-state index in [1.165, 1.54) is 44.2 Å². The van der Waals surface area contributed by atoms with Crippen molar-refractivity contribution in [3.8, 4) is 27.9 Å². The van der Waals surface area contributed by atoms with Gasteiger partial charge in [0.1, 0.15) is 5.84 Å². The Balaban J connectivity index is 1.08. The zero-order chi connectivity index (χ0) is 41.5. The Bertz CT molecular complexity index is 3240. The highest BCUT2D eigenvalue weighted by Gasteiger charge is 2.46. The average molecular weight is 795 g/mol. The average Bonchev–Trinajstić information content (AvgIpc) is 3.83. The van der Waals surface area contributed by atoms with E-state index in [1.807, 2.05) is 54.7 Å². The molecule has 1 aliphatic carbocycles. The maximum absolute atomic E-state index is 6.84. The van der Waals surface area contributed by atoms with Crippen LogP contribution in [0.3, 0.4) is 0 Å². The number of hydrogen-bond donors (Lipinski definition) is 1. The zero-order valence-electron chi connectivity index (χ0n) is 34.0. The molecule has 0 bridgehead atoms. The number of nitrogens with two attached hydrogens (primary N) is 1. The largest absolute Gasteiger partial charge is 0.383 e. The summed E-state index contributed by atoms with van der Waals surface area (Å²) in [6.07, 6.45) is 1.30. The van der Waals surface area contributed by atoms with Crippen LogP contribution in [0.5, 0.6) is 0 Å². The third-order valence-corrected chi connectivity index (χ3v) is 12.4. The third-order valence-electron chi connectivity index (χ3n) is 12.4. The second-order valence-electron chi connectivity index (χ2n) is 15.9. The number of benzene rings is 9. The highest BCUT2D eigenvalue weighted by Crippen LogP contribution is 2.57. The second-order valence-corrected chi connectivity index (χ2v) is 15.9. The maximum atomic E-state index is 6.84. The smallest absolute Gasteiger partial charge is 0.167 e. The topological polar surface area (TPSA) is 55.7 Å². The van der Waals surface area contributed by atoms with Crippen molar-refractivity contribution < 1.29 is 0 Å². The first kappa shape index (κ1) is 37.0. The first-order valence-electron chi connectivity index (χ1n) is 21.1. The molecule has 1 heterocycles. The van der Waals surface area contributed by atoms with Crippen LogP contribution in [0.4, 0.5) is 0 Å². The monoisotopic (exact) mass is 794 g/mol. The lowest BCUT2D eigenvalue weighted by Crippen LogP contribution is -2.28. The van der Waals surface area contributed by atoms with Crippen LogP contribution in [-0.2, 0) is 5.41 Å². The fourth-order valence-corrected chi connectivity index (χ4v) is 9.57. The molecular formula is C58H42N4. The normalized spacial score (nSPS) is 13.6. The number of fused-ring (bicyclic) bond motifs is 6. The fraction of sp³-hybridized carbons (Fsp3) is 0.0345. The van der Waals surface area contributed by atoms with Crippen LogP contribution in [0.1, 0.15) is 45.1 Å². The lowest BCUT2D eigenvalue weighted by atomic mass is 9.67. The quantitative estimate of drug-likeness (QED) is 0.115. The van der Waals surface area contributed by atoms with Crippen LogP contribution in [-0.4, -0.2) is 16.6 Å². The summed E-state index contributed by atoms with van der Waals surface area (Å²) in [5.74, 6) is 0.427. The molecule has 4 heteroatoms. The van der Waals surface area contributed by atoms with Gasteiger partial charge in [-0.05, 0) is 80.4 Å². The highest BCUT2D eigenvalue weighted by atomic mass is 15.0. The van der Waals surface area contributed by atoms with Gasteiger partial charge < -0.3 is 10.3 Å². The van der Waals surface area contributed by atoms with Gasteiger partial charge in [-0.1, -0.05) is 200 Å². The van der Waals surface area contributed by atoms with E-state index < -0.39 is 11.6 Å². The molecular weight excluding hydrogens is 753 g/mol. The Hall–Kier alpha value is -8.08. The number of aliphatic imine (C=N–C) groups is 2. The third kappa shape index (κ3) is 6.24. The molecule has 4 nitrogen and oxygen atoms in total. The summed E-state index contributed by atoms with van der Waals surface area (Å²) in [5, 5.41) is 2.40. The van der Waals surface area contributed by atoms with E-state index in [9.17, 15) is 0 Å². The first-order chi connectivity index (χ1) is 30.7. The lowest BCUT2D eigenvalue weighted by molar-refractivity contribution is 0.769. The van der Waals surface area contributed by atoms with Crippen LogP contribution in [0.15, 0.2) is 241 Å². The predicted molar refractivity (Wildman–Crippen MR) is 257 cm³/mol. The molecule has 2 N–H and O–H groups in total. The Labute approximate surface area is 361 Å². The molecule has 9 aromatic carbocycles. The van der Waals surface area contributed by atoms with Gasteiger partial charge in [0, 0.05) is 33.8 Å². The van der Waals surface area contributed by atoms with Crippen LogP contribution in [0.25, 0.3) is 49.7 Å². The van der Waals surface area contributed by atoms with Crippen molar-refractivity contribution in [1.29, 1.82) is 0 Å². The molecule has 294 valence electrons. The minimum atomic E-state index is -0.592. The summed E-state index contributed by atoms with van der Waals surface area (Å²) in [5.41, 5.74) is 22.3. The number of aromatic nitrogens is 1. The highest BCUT2D eigenvalue weighted by molar-refractivity contribution is 6.12. The summed E-state index contributed by atoms with van der Waals surface area (Å²) in [6, 6.07) is 81.9. The lowest BCUT2D eigenvalue weighted by Gasteiger charge is -2.33. The summed E-state index contributed by atoms with van der Waals surface area (Å²) in [6.45, 7) is 0.